The van der Waals surface area contributed by atoms with Crippen molar-refractivity contribution in [2.45, 2.75) is 408 Å². The van der Waals surface area contributed by atoms with Gasteiger partial charge in [0.1, 0.15) is 19.3 Å². The van der Waals surface area contributed by atoms with E-state index in [0.29, 0.717) is 31.6 Å². The summed E-state index contributed by atoms with van der Waals surface area (Å²) in [6.07, 6.45) is 51.7. The van der Waals surface area contributed by atoms with Crippen LogP contribution in [0.3, 0.4) is 0 Å². The highest BCUT2D eigenvalue weighted by Crippen LogP contribution is 2.45. The number of aliphatic hydroxyl groups is 1. The molecule has 0 aliphatic heterocycles. The number of ether oxygens (including phenoxy) is 4. The highest BCUT2D eigenvalue weighted by atomic mass is 31.2. The summed E-state index contributed by atoms with van der Waals surface area (Å²) in [5.74, 6) is 0.884. The first-order chi connectivity index (χ1) is 46.1. The van der Waals surface area contributed by atoms with Crippen LogP contribution in [0.1, 0.15) is 389 Å². The lowest BCUT2D eigenvalue weighted by molar-refractivity contribution is -0.161. The number of phosphoric acid groups is 2. The molecule has 0 saturated heterocycles. The second-order valence-electron chi connectivity index (χ2n) is 29.4. The number of aliphatic hydroxyl groups excluding tert-OH is 1. The van der Waals surface area contributed by atoms with Gasteiger partial charge >= 0.3 is 39.5 Å². The molecule has 0 amide bonds. The van der Waals surface area contributed by atoms with Gasteiger partial charge in [0.25, 0.3) is 0 Å². The molecule has 0 spiro atoms. The highest BCUT2D eigenvalue weighted by molar-refractivity contribution is 7.47. The lowest BCUT2D eigenvalue weighted by atomic mass is 10.00. The van der Waals surface area contributed by atoms with Crippen LogP contribution in [0.15, 0.2) is 0 Å². The van der Waals surface area contributed by atoms with E-state index in [2.05, 4.69) is 55.4 Å². The fraction of sp³-hybridized carbons (Fsp3) is 0.948. The van der Waals surface area contributed by atoms with E-state index in [9.17, 15) is 43.2 Å². The van der Waals surface area contributed by atoms with Crippen LogP contribution in [0.25, 0.3) is 0 Å². The highest BCUT2D eigenvalue weighted by Gasteiger charge is 2.30. The van der Waals surface area contributed by atoms with E-state index >= 15 is 0 Å². The summed E-state index contributed by atoms with van der Waals surface area (Å²) < 4.78 is 68.5. The molecule has 570 valence electrons. The van der Waals surface area contributed by atoms with E-state index < -0.39 is 97.5 Å². The quantitative estimate of drug-likeness (QED) is 0.0222. The van der Waals surface area contributed by atoms with Crippen molar-refractivity contribution in [1.29, 1.82) is 0 Å². The Morgan fingerprint density at radius 2 is 0.500 bits per heavy atom. The van der Waals surface area contributed by atoms with Crippen molar-refractivity contribution in [3.05, 3.63) is 0 Å². The zero-order valence-electron chi connectivity index (χ0n) is 63.0. The molecule has 17 nitrogen and oxygen atoms in total. The zero-order valence-corrected chi connectivity index (χ0v) is 64.8. The molecule has 0 radical (unpaired) electrons. The molecule has 0 rings (SSSR count). The van der Waals surface area contributed by atoms with Gasteiger partial charge < -0.3 is 33.8 Å². The van der Waals surface area contributed by atoms with Crippen molar-refractivity contribution >= 4 is 39.5 Å². The van der Waals surface area contributed by atoms with Gasteiger partial charge in [0.05, 0.1) is 26.4 Å². The van der Waals surface area contributed by atoms with E-state index in [1.807, 2.05) is 0 Å². The molecular weight excluding hydrogens is 1260 g/mol. The Bertz CT molecular complexity index is 1890. The first-order valence-corrected chi connectivity index (χ1v) is 42.7. The van der Waals surface area contributed by atoms with Crippen molar-refractivity contribution in [3.63, 3.8) is 0 Å². The van der Waals surface area contributed by atoms with Crippen molar-refractivity contribution in [2.24, 2.45) is 23.7 Å². The molecule has 19 heteroatoms. The number of esters is 4. The first kappa shape index (κ1) is 94.1. The normalized spacial score (nSPS) is 14.4. The van der Waals surface area contributed by atoms with Gasteiger partial charge in [-0.2, -0.15) is 0 Å². The molecule has 0 aromatic carbocycles. The molecule has 0 heterocycles. The fourth-order valence-electron chi connectivity index (χ4n) is 11.7. The Morgan fingerprint density at radius 3 is 0.740 bits per heavy atom. The second-order valence-corrected chi connectivity index (χ2v) is 32.3. The Balaban J connectivity index is 5.18. The van der Waals surface area contributed by atoms with Crippen LogP contribution in [0, 0.1) is 23.7 Å². The number of carbonyl (C=O) groups excluding carboxylic acids is 4. The topological polar surface area (TPSA) is 237 Å². The predicted molar refractivity (Wildman–Crippen MR) is 391 cm³/mol. The number of rotatable bonds is 74. The Morgan fingerprint density at radius 1 is 0.292 bits per heavy atom. The summed E-state index contributed by atoms with van der Waals surface area (Å²) in [5.41, 5.74) is 0. The van der Waals surface area contributed by atoms with Gasteiger partial charge in [-0.15, -0.1) is 0 Å². The average Bonchev–Trinajstić information content (AvgIpc) is 1.17. The maximum absolute atomic E-state index is 13.1. The molecule has 0 bridgehead atoms. The van der Waals surface area contributed by atoms with Gasteiger partial charge in [0, 0.05) is 25.7 Å². The number of carbonyl (C=O) groups is 4. The third-order valence-electron chi connectivity index (χ3n) is 18.2. The molecular formula is C77H150O17P2. The molecule has 0 aromatic rings. The Kier molecular flexibility index (Phi) is 65.0. The Labute approximate surface area is 588 Å². The van der Waals surface area contributed by atoms with Crippen LogP contribution in [-0.2, 0) is 65.4 Å². The van der Waals surface area contributed by atoms with Gasteiger partial charge in [0.15, 0.2) is 12.2 Å². The van der Waals surface area contributed by atoms with Gasteiger partial charge in [-0.1, -0.05) is 338 Å². The van der Waals surface area contributed by atoms with Crippen LogP contribution in [0.4, 0.5) is 0 Å². The summed E-state index contributed by atoms with van der Waals surface area (Å²) in [5, 5.41) is 10.6. The minimum absolute atomic E-state index is 0.101. The van der Waals surface area contributed by atoms with Crippen molar-refractivity contribution in [2.75, 3.05) is 39.6 Å². The third-order valence-corrected chi connectivity index (χ3v) is 20.1. The fourth-order valence-corrected chi connectivity index (χ4v) is 13.3. The first-order valence-electron chi connectivity index (χ1n) is 39.7. The van der Waals surface area contributed by atoms with Crippen molar-refractivity contribution in [3.8, 4) is 0 Å². The monoisotopic (exact) mass is 1410 g/mol. The third kappa shape index (κ3) is 69.2. The zero-order chi connectivity index (χ0) is 71.0. The van der Waals surface area contributed by atoms with Gasteiger partial charge in [0.2, 0.25) is 0 Å². The van der Waals surface area contributed by atoms with Crippen LogP contribution in [-0.4, -0.2) is 96.7 Å². The van der Waals surface area contributed by atoms with Crippen molar-refractivity contribution in [1.82, 2.24) is 0 Å². The van der Waals surface area contributed by atoms with E-state index in [-0.39, 0.29) is 25.7 Å². The van der Waals surface area contributed by atoms with Crippen LogP contribution >= 0.6 is 15.6 Å². The molecule has 0 aliphatic rings. The lowest BCUT2D eigenvalue weighted by Crippen LogP contribution is -2.30. The molecule has 3 N–H and O–H groups in total. The van der Waals surface area contributed by atoms with Gasteiger partial charge in [-0.3, -0.25) is 37.3 Å². The van der Waals surface area contributed by atoms with Gasteiger partial charge in [-0.05, 0) is 49.4 Å². The molecule has 6 atom stereocenters. The largest absolute Gasteiger partial charge is 0.472 e. The van der Waals surface area contributed by atoms with Gasteiger partial charge in [-0.25, -0.2) is 9.13 Å². The van der Waals surface area contributed by atoms with E-state index in [1.165, 1.54) is 186 Å². The van der Waals surface area contributed by atoms with E-state index in [0.717, 1.165) is 114 Å². The molecule has 0 saturated carbocycles. The smallest absolute Gasteiger partial charge is 0.462 e. The number of hydrogen-bond donors (Lipinski definition) is 3. The standard InChI is InChI=1S/C77H150O17P2/c1-9-70(8)56-48-40-34-36-42-50-58-75(80)88-64-73(94-77(82)60-52-44-35-33-39-47-55-69(6)7)66-92-96(85,86)90-62-71(78)61-89-95(83,84)91-65-72(93-76(81)59-51-43-32-28-24-20-16-18-22-26-30-38-46-54-68(4)5)63-87-74(79)57-49-41-31-27-23-19-15-13-11-10-12-14-17-21-25-29-37-45-53-67(2)3/h67-73,78H,9-66H2,1-8H3,(H,83,84)(H,85,86)/t70?,71-,72-,73-/m1/s1. The van der Waals surface area contributed by atoms with E-state index in [1.54, 1.807) is 0 Å². The maximum atomic E-state index is 13.1. The minimum Gasteiger partial charge on any atom is -0.462 e. The minimum atomic E-state index is -4.96. The molecule has 0 aliphatic carbocycles. The Hall–Kier alpha value is -1.94. The molecule has 0 fully saturated rings. The van der Waals surface area contributed by atoms with Crippen LogP contribution in [0.2, 0.25) is 0 Å². The number of hydrogen-bond acceptors (Lipinski definition) is 15. The summed E-state index contributed by atoms with van der Waals surface area (Å²) >= 11 is 0. The maximum Gasteiger partial charge on any atom is 0.472 e. The molecule has 0 aromatic heterocycles. The van der Waals surface area contributed by atoms with Crippen LogP contribution in [0.5, 0.6) is 0 Å². The molecule has 96 heavy (non-hydrogen) atoms. The SMILES string of the molecule is CCC(C)CCCCCCCCC(=O)OC[C@H](COP(=O)(O)OC[C@H](O)COP(=O)(O)OC[C@@H](COC(=O)CCCCCCCCCCCCCCCCCCCCC(C)C)OC(=O)CCCCCCCCCCCCCCCC(C)C)OC(=O)CCCCCCCCC(C)C. The summed E-state index contributed by atoms with van der Waals surface area (Å²) in [6.45, 7) is 14.1. The lowest BCUT2D eigenvalue weighted by Gasteiger charge is -2.21. The molecule has 3 unspecified atom stereocenters. The number of unbranched alkanes of at least 4 members (excludes halogenated alkanes) is 39. The van der Waals surface area contributed by atoms with Crippen LogP contribution < -0.4 is 0 Å². The summed E-state index contributed by atoms with van der Waals surface area (Å²) in [7, 11) is -9.91. The van der Waals surface area contributed by atoms with E-state index in [4.69, 9.17) is 37.0 Å². The second kappa shape index (κ2) is 66.3. The summed E-state index contributed by atoms with van der Waals surface area (Å²) in [4.78, 5) is 72.7. The van der Waals surface area contributed by atoms with Crippen molar-refractivity contribution < 1.29 is 80.2 Å². The number of phosphoric ester groups is 2. The predicted octanol–water partition coefficient (Wildman–Crippen LogP) is 22.4. The summed E-state index contributed by atoms with van der Waals surface area (Å²) in [6, 6.07) is 0. The average molecular weight is 1410 g/mol.